The lowest BCUT2D eigenvalue weighted by Gasteiger charge is -2.23. The number of hydrogen-bond acceptors (Lipinski definition) is 6. The molecule has 0 bridgehead atoms. The molecule has 7 nitrogen and oxygen atoms in total. The fourth-order valence-corrected chi connectivity index (χ4v) is 7.30. The number of pyridine rings is 1. The third-order valence-corrected chi connectivity index (χ3v) is 9.53. The van der Waals surface area contributed by atoms with Crippen molar-refractivity contribution in [1.29, 1.82) is 0 Å². The van der Waals surface area contributed by atoms with E-state index >= 15 is 0 Å². The average molecular weight is 573 g/mol. The van der Waals surface area contributed by atoms with Crippen LogP contribution in [0.25, 0.3) is 11.3 Å². The van der Waals surface area contributed by atoms with E-state index in [1.165, 1.54) is 28.6 Å². The van der Waals surface area contributed by atoms with Crippen LogP contribution >= 0.6 is 22.9 Å². The van der Waals surface area contributed by atoms with Crippen molar-refractivity contribution in [3.05, 3.63) is 64.0 Å². The maximum Gasteiger partial charge on any atom is 0.416 e. The van der Waals surface area contributed by atoms with Crippen LogP contribution in [0.15, 0.2) is 52.7 Å². The van der Waals surface area contributed by atoms with Gasteiger partial charge < -0.3 is 10.2 Å². The van der Waals surface area contributed by atoms with E-state index in [1.54, 1.807) is 31.1 Å². The third kappa shape index (κ3) is 6.08. The molecular weight excluding hydrogens is 549 g/mol. The molecule has 0 aliphatic carbocycles. The zero-order chi connectivity index (χ0) is 27.0. The number of nitrogens with one attached hydrogen (secondary N) is 1. The summed E-state index contributed by atoms with van der Waals surface area (Å²) in [5, 5.41) is 2.81. The standard InChI is InChI=1S/C24H24ClF3N4O3S2/c1-31(2)21-13-15(12-18(30-21)16-5-7-17(8-6-16)24(26,27)28)14-29-23(33)19-4-3-11-32(19)37(34,35)22-10-9-20(25)36-22/h5-10,12-13,19H,3-4,11,14H2,1-2H3,(H,29,33)/t19-/m0/s1. The summed E-state index contributed by atoms with van der Waals surface area (Å²) >= 11 is 6.85. The molecule has 3 heterocycles. The van der Waals surface area contributed by atoms with Crippen molar-refractivity contribution in [2.45, 2.75) is 35.8 Å². The quantitative estimate of drug-likeness (QED) is 0.430. The van der Waals surface area contributed by atoms with Gasteiger partial charge >= 0.3 is 6.18 Å². The van der Waals surface area contributed by atoms with E-state index in [2.05, 4.69) is 10.3 Å². The van der Waals surface area contributed by atoms with Gasteiger partial charge in [-0.3, -0.25) is 4.79 Å². The van der Waals surface area contributed by atoms with Gasteiger partial charge in [0.25, 0.3) is 10.0 Å². The van der Waals surface area contributed by atoms with E-state index in [1.807, 2.05) is 0 Å². The number of benzene rings is 1. The van der Waals surface area contributed by atoms with Gasteiger partial charge in [0.2, 0.25) is 5.91 Å². The molecule has 3 aromatic rings. The van der Waals surface area contributed by atoms with Gasteiger partial charge in [0, 0.05) is 32.7 Å². The SMILES string of the molecule is CN(C)c1cc(CNC(=O)[C@@H]2CCCN2S(=O)(=O)c2ccc(Cl)s2)cc(-c2ccc(C(F)(F)F)cc2)n1. The van der Waals surface area contributed by atoms with Crippen LogP contribution in [0.2, 0.25) is 4.34 Å². The highest BCUT2D eigenvalue weighted by Gasteiger charge is 2.40. The van der Waals surface area contributed by atoms with Gasteiger partial charge in [-0.15, -0.1) is 11.3 Å². The second-order valence-corrected chi connectivity index (χ2v) is 12.6. The average Bonchev–Trinajstić information content (AvgIpc) is 3.52. The molecule has 1 amide bonds. The number of carbonyl (C=O) groups is 1. The molecule has 1 saturated heterocycles. The molecule has 13 heteroatoms. The summed E-state index contributed by atoms with van der Waals surface area (Å²) in [6.45, 7) is 0.319. The topological polar surface area (TPSA) is 82.6 Å². The Hall–Kier alpha value is -2.67. The van der Waals surface area contributed by atoms with Crippen LogP contribution in [0.4, 0.5) is 19.0 Å². The number of alkyl halides is 3. The van der Waals surface area contributed by atoms with Crippen molar-refractivity contribution in [1.82, 2.24) is 14.6 Å². The number of aromatic nitrogens is 1. The first-order chi connectivity index (χ1) is 17.4. The van der Waals surface area contributed by atoms with Gasteiger partial charge in [-0.05, 0) is 54.8 Å². The van der Waals surface area contributed by atoms with E-state index in [9.17, 15) is 26.4 Å². The van der Waals surface area contributed by atoms with Gasteiger partial charge in [0.15, 0.2) is 0 Å². The number of hydrogen-bond donors (Lipinski definition) is 1. The van der Waals surface area contributed by atoms with Gasteiger partial charge in [0.05, 0.1) is 15.6 Å². The van der Waals surface area contributed by atoms with Crippen LogP contribution in [0.5, 0.6) is 0 Å². The molecule has 1 aromatic carbocycles. The predicted molar refractivity (Wildman–Crippen MR) is 137 cm³/mol. The van der Waals surface area contributed by atoms with Crippen molar-refractivity contribution in [3.8, 4) is 11.3 Å². The fraction of sp³-hybridized carbons (Fsp3) is 0.333. The van der Waals surface area contributed by atoms with Crippen molar-refractivity contribution < 1.29 is 26.4 Å². The maximum atomic E-state index is 13.1. The molecule has 0 spiro atoms. The number of nitrogens with zero attached hydrogens (tertiary/aromatic N) is 3. The molecule has 1 atom stereocenters. The molecule has 1 aliphatic rings. The maximum absolute atomic E-state index is 13.1. The van der Waals surface area contributed by atoms with Crippen LogP contribution in [0.1, 0.15) is 24.0 Å². The molecule has 2 aromatic heterocycles. The third-order valence-electron chi connectivity index (χ3n) is 5.92. The van der Waals surface area contributed by atoms with E-state index < -0.39 is 33.7 Å². The lowest BCUT2D eigenvalue weighted by molar-refractivity contribution is -0.137. The summed E-state index contributed by atoms with van der Waals surface area (Å²) in [6, 6.07) is 10.2. The number of anilines is 1. The highest BCUT2D eigenvalue weighted by atomic mass is 35.5. The smallest absolute Gasteiger partial charge is 0.363 e. The summed E-state index contributed by atoms with van der Waals surface area (Å²) in [5.74, 6) is 0.129. The van der Waals surface area contributed by atoms with Crippen molar-refractivity contribution in [2.24, 2.45) is 0 Å². The van der Waals surface area contributed by atoms with Crippen LogP contribution in [-0.2, 0) is 27.5 Å². The summed E-state index contributed by atoms with van der Waals surface area (Å²) in [7, 11) is -0.306. The van der Waals surface area contributed by atoms with E-state index in [-0.39, 0.29) is 17.3 Å². The Kier molecular flexibility index (Phi) is 7.84. The normalized spacial score (nSPS) is 16.6. The Morgan fingerprint density at radius 2 is 1.89 bits per heavy atom. The Balaban J connectivity index is 1.53. The lowest BCUT2D eigenvalue weighted by Crippen LogP contribution is -2.45. The van der Waals surface area contributed by atoms with Crippen LogP contribution in [0.3, 0.4) is 0 Å². The predicted octanol–water partition coefficient (Wildman–Crippen LogP) is 5.02. The first kappa shape index (κ1) is 27.4. The zero-order valence-electron chi connectivity index (χ0n) is 19.9. The number of rotatable bonds is 7. The Labute approximate surface area is 221 Å². The summed E-state index contributed by atoms with van der Waals surface area (Å²) in [4.78, 5) is 19.3. The molecule has 37 heavy (non-hydrogen) atoms. The minimum absolute atomic E-state index is 0.0862. The lowest BCUT2D eigenvalue weighted by atomic mass is 10.1. The fourth-order valence-electron chi connectivity index (χ4n) is 4.03. The number of amides is 1. The van der Waals surface area contributed by atoms with E-state index in [0.29, 0.717) is 39.8 Å². The summed E-state index contributed by atoms with van der Waals surface area (Å²) < 4.78 is 66.6. The number of carbonyl (C=O) groups excluding carboxylic acids is 1. The molecule has 4 rings (SSSR count). The van der Waals surface area contributed by atoms with Crippen LogP contribution in [-0.4, -0.2) is 50.3 Å². The number of sulfonamides is 1. The highest BCUT2D eigenvalue weighted by Crippen LogP contribution is 2.33. The zero-order valence-corrected chi connectivity index (χ0v) is 22.3. The Morgan fingerprint density at radius 1 is 1.19 bits per heavy atom. The van der Waals surface area contributed by atoms with Crippen molar-refractivity contribution in [2.75, 3.05) is 25.5 Å². The first-order valence-electron chi connectivity index (χ1n) is 11.3. The van der Waals surface area contributed by atoms with Crippen molar-refractivity contribution >= 4 is 44.7 Å². The minimum Gasteiger partial charge on any atom is -0.363 e. The van der Waals surface area contributed by atoms with Gasteiger partial charge in [-0.25, -0.2) is 13.4 Å². The van der Waals surface area contributed by atoms with Gasteiger partial charge in [0.1, 0.15) is 16.1 Å². The van der Waals surface area contributed by atoms with E-state index in [4.69, 9.17) is 11.6 Å². The summed E-state index contributed by atoms with van der Waals surface area (Å²) in [5.41, 5.74) is 0.851. The van der Waals surface area contributed by atoms with Crippen molar-refractivity contribution in [3.63, 3.8) is 0 Å². The molecule has 1 aliphatic heterocycles. The largest absolute Gasteiger partial charge is 0.416 e. The summed E-state index contributed by atoms with van der Waals surface area (Å²) in [6.07, 6.45) is -3.50. The highest BCUT2D eigenvalue weighted by molar-refractivity contribution is 7.91. The molecule has 0 saturated carbocycles. The van der Waals surface area contributed by atoms with Gasteiger partial charge in [-0.2, -0.15) is 17.5 Å². The molecule has 1 N–H and O–H groups in total. The Morgan fingerprint density at radius 3 is 2.49 bits per heavy atom. The molecule has 1 fully saturated rings. The molecular formula is C24H24ClF3N4O3S2. The van der Waals surface area contributed by atoms with Crippen LogP contribution in [0, 0.1) is 0 Å². The molecule has 0 unspecified atom stereocenters. The minimum atomic E-state index is -4.44. The van der Waals surface area contributed by atoms with E-state index in [0.717, 1.165) is 23.5 Å². The number of halogens is 4. The Bertz CT molecular complexity index is 1390. The molecule has 198 valence electrons. The van der Waals surface area contributed by atoms with Gasteiger partial charge in [-0.1, -0.05) is 23.7 Å². The number of thiophene rings is 1. The second-order valence-electron chi connectivity index (χ2n) is 8.74. The molecule has 0 radical (unpaired) electrons. The van der Waals surface area contributed by atoms with Crippen LogP contribution < -0.4 is 10.2 Å². The monoisotopic (exact) mass is 572 g/mol. The first-order valence-corrected chi connectivity index (χ1v) is 13.9. The second kappa shape index (κ2) is 10.6.